The van der Waals surface area contributed by atoms with Crippen molar-refractivity contribution >= 4 is 31.6 Å². The fourth-order valence-electron chi connectivity index (χ4n) is 1.86. The number of hydrogen-bond donors (Lipinski definition) is 0. The van der Waals surface area contributed by atoms with E-state index in [-0.39, 0.29) is 10.7 Å². The van der Waals surface area contributed by atoms with E-state index in [0.717, 1.165) is 10.0 Å². The van der Waals surface area contributed by atoms with Crippen LogP contribution in [0, 0.1) is 6.92 Å². The van der Waals surface area contributed by atoms with E-state index in [0.29, 0.717) is 5.56 Å². The second kappa shape index (κ2) is 5.89. The first-order valence-electron chi connectivity index (χ1n) is 5.97. The van der Waals surface area contributed by atoms with Crippen LogP contribution in [0.3, 0.4) is 0 Å². The molecule has 2 aromatic rings. The maximum absolute atomic E-state index is 12.2. The Bertz CT molecular complexity index is 734. The highest BCUT2D eigenvalue weighted by molar-refractivity contribution is 9.10. The zero-order chi connectivity index (χ0) is 14.8. The number of carbonyl (C=O) groups is 1. The SMILES string of the molecule is Cc1ccccc1C(=O)CS(=O)(=O)c1ccc(Br)cc1. The van der Waals surface area contributed by atoms with Gasteiger partial charge in [0.05, 0.1) is 4.90 Å². The standard InChI is InChI=1S/C15H13BrO3S/c1-11-4-2-3-5-14(11)15(17)10-20(18,19)13-8-6-12(16)7-9-13/h2-9H,10H2,1H3. The van der Waals surface area contributed by atoms with Crippen molar-refractivity contribution in [2.45, 2.75) is 11.8 Å². The molecule has 0 unspecified atom stereocenters. The lowest BCUT2D eigenvalue weighted by Crippen LogP contribution is -2.17. The second-order valence-corrected chi connectivity index (χ2v) is 7.36. The van der Waals surface area contributed by atoms with Gasteiger partial charge < -0.3 is 0 Å². The quantitative estimate of drug-likeness (QED) is 0.792. The first-order chi connectivity index (χ1) is 9.40. The molecule has 0 atom stereocenters. The fraction of sp³-hybridized carbons (Fsp3) is 0.133. The highest BCUT2D eigenvalue weighted by Crippen LogP contribution is 2.17. The van der Waals surface area contributed by atoms with Crippen LogP contribution in [0.25, 0.3) is 0 Å². The van der Waals surface area contributed by atoms with Gasteiger partial charge in [0.1, 0.15) is 5.75 Å². The lowest BCUT2D eigenvalue weighted by atomic mass is 10.1. The van der Waals surface area contributed by atoms with E-state index in [1.165, 1.54) is 12.1 Å². The fourth-order valence-corrected chi connectivity index (χ4v) is 3.34. The summed E-state index contributed by atoms with van der Waals surface area (Å²) >= 11 is 3.25. The molecule has 0 aliphatic carbocycles. The Hall–Kier alpha value is -1.46. The Morgan fingerprint density at radius 2 is 1.65 bits per heavy atom. The zero-order valence-electron chi connectivity index (χ0n) is 10.8. The molecule has 5 heteroatoms. The Morgan fingerprint density at radius 3 is 2.25 bits per heavy atom. The third-order valence-electron chi connectivity index (χ3n) is 2.94. The number of halogens is 1. The van der Waals surface area contributed by atoms with E-state index < -0.39 is 15.6 Å². The van der Waals surface area contributed by atoms with Gasteiger partial charge in [-0.2, -0.15) is 0 Å². The molecule has 0 radical (unpaired) electrons. The first kappa shape index (κ1) is 14.9. The lowest BCUT2D eigenvalue weighted by Gasteiger charge is -2.06. The van der Waals surface area contributed by atoms with Gasteiger partial charge in [0.25, 0.3) is 0 Å². The number of sulfone groups is 1. The highest BCUT2D eigenvalue weighted by Gasteiger charge is 2.21. The average molecular weight is 353 g/mol. The maximum atomic E-state index is 12.2. The molecule has 0 aliphatic heterocycles. The summed E-state index contributed by atoms with van der Waals surface area (Å²) in [5.74, 6) is -0.898. The van der Waals surface area contributed by atoms with Crippen LogP contribution >= 0.6 is 15.9 Å². The molecule has 2 rings (SSSR count). The van der Waals surface area contributed by atoms with Crippen molar-refractivity contribution < 1.29 is 13.2 Å². The largest absolute Gasteiger partial charge is 0.293 e. The molecule has 0 bridgehead atoms. The molecular weight excluding hydrogens is 340 g/mol. The van der Waals surface area contributed by atoms with Crippen LogP contribution in [0.4, 0.5) is 0 Å². The minimum atomic E-state index is -3.61. The van der Waals surface area contributed by atoms with Gasteiger partial charge in [-0.15, -0.1) is 0 Å². The summed E-state index contributed by atoms with van der Waals surface area (Å²) in [6, 6.07) is 13.3. The van der Waals surface area contributed by atoms with E-state index in [4.69, 9.17) is 0 Å². The van der Waals surface area contributed by atoms with E-state index in [2.05, 4.69) is 15.9 Å². The minimum Gasteiger partial charge on any atom is -0.293 e. The second-order valence-electron chi connectivity index (χ2n) is 4.45. The monoisotopic (exact) mass is 352 g/mol. The third kappa shape index (κ3) is 3.35. The molecule has 2 aromatic carbocycles. The zero-order valence-corrected chi connectivity index (χ0v) is 13.2. The molecule has 0 N–H and O–H groups in total. The molecule has 104 valence electrons. The van der Waals surface area contributed by atoms with Crippen molar-refractivity contribution in [3.63, 3.8) is 0 Å². The van der Waals surface area contributed by atoms with E-state index >= 15 is 0 Å². The van der Waals surface area contributed by atoms with Gasteiger partial charge in [0.2, 0.25) is 0 Å². The number of rotatable bonds is 4. The molecule has 20 heavy (non-hydrogen) atoms. The normalized spacial score (nSPS) is 11.3. The van der Waals surface area contributed by atoms with Crippen LogP contribution in [0.15, 0.2) is 57.9 Å². The smallest absolute Gasteiger partial charge is 0.185 e. The lowest BCUT2D eigenvalue weighted by molar-refractivity contribution is 0.102. The number of hydrogen-bond acceptors (Lipinski definition) is 3. The predicted molar refractivity (Wildman–Crippen MR) is 81.7 cm³/mol. The van der Waals surface area contributed by atoms with Gasteiger partial charge >= 0.3 is 0 Å². The predicted octanol–water partition coefficient (Wildman–Crippen LogP) is 3.41. The maximum Gasteiger partial charge on any atom is 0.185 e. The molecular formula is C15H13BrO3S. The van der Waals surface area contributed by atoms with Gasteiger partial charge in [0.15, 0.2) is 15.6 Å². The van der Waals surface area contributed by atoms with Crippen LogP contribution in [0.2, 0.25) is 0 Å². The highest BCUT2D eigenvalue weighted by atomic mass is 79.9. The van der Waals surface area contributed by atoms with Gasteiger partial charge in [-0.3, -0.25) is 4.79 Å². The van der Waals surface area contributed by atoms with Crippen LogP contribution < -0.4 is 0 Å². The van der Waals surface area contributed by atoms with Crippen molar-refractivity contribution in [1.82, 2.24) is 0 Å². The van der Waals surface area contributed by atoms with Crippen LogP contribution in [-0.2, 0) is 9.84 Å². The number of aryl methyl sites for hydroxylation is 1. The summed E-state index contributed by atoms with van der Waals surface area (Å²) in [5.41, 5.74) is 1.23. The van der Waals surface area contributed by atoms with Crippen molar-refractivity contribution in [3.05, 3.63) is 64.1 Å². The van der Waals surface area contributed by atoms with Gasteiger partial charge in [0, 0.05) is 10.0 Å². The van der Waals surface area contributed by atoms with Crippen LogP contribution in [0.5, 0.6) is 0 Å². The summed E-state index contributed by atoms with van der Waals surface area (Å²) in [6.45, 7) is 1.79. The van der Waals surface area contributed by atoms with Crippen molar-refractivity contribution in [1.29, 1.82) is 0 Å². The van der Waals surface area contributed by atoms with E-state index in [9.17, 15) is 13.2 Å². The molecule has 0 saturated carbocycles. The summed E-state index contributed by atoms with van der Waals surface area (Å²) in [4.78, 5) is 12.3. The molecule has 0 heterocycles. The molecule has 0 saturated heterocycles. The molecule has 3 nitrogen and oxygen atoms in total. The molecule has 0 fully saturated rings. The van der Waals surface area contributed by atoms with Crippen LogP contribution in [-0.4, -0.2) is 20.0 Å². The molecule has 0 aliphatic rings. The number of carbonyl (C=O) groups excluding carboxylic acids is 1. The van der Waals surface area contributed by atoms with Crippen LogP contribution in [0.1, 0.15) is 15.9 Å². The summed E-state index contributed by atoms with van der Waals surface area (Å²) in [7, 11) is -3.61. The number of ketones is 1. The summed E-state index contributed by atoms with van der Waals surface area (Å²) in [6.07, 6.45) is 0. The molecule has 0 spiro atoms. The van der Waals surface area contributed by atoms with Gasteiger partial charge in [-0.05, 0) is 36.8 Å². The molecule has 0 aromatic heterocycles. The topological polar surface area (TPSA) is 51.2 Å². The average Bonchev–Trinajstić information content (AvgIpc) is 2.39. The Morgan fingerprint density at radius 1 is 1.05 bits per heavy atom. The number of Topliss-reactive ketones (excluding diaryl/α,β-unsaturated/α-hetero) is 1. The Balaban J connectivity index is 2.27. The number of benzene rings is 2. The molecule has 0 amide bonds. The Labute approximate surface area is 126 Å². The first-order valence-corrected chi connectivity index (χ1v) is 8.42. The van der Waals surface area contributed by atoms with Crippen molar-refractivity contribution in [2.75, 3.05) is 5.75 Å². The van der Waals surface area contributed by atoms with Gasteiger partial charge in [-0.25, -0.2) is 8.42 Å². The summed E-state index contributed by atoms with van der Waals surface area (Å²) < 4.78 is 25.2. The van der Waals surface area contributed by atoms with E-state index in [1.54, 1.807) is 37.3 Å². The third-order valence-corrected chi connectivity index (χ3v) is 5.10. The van der Waals surface area contributed by atoms with Crippen molar-refractivity contribution in [2.24, 2.45) is 0 Å². The Kier molecular flexibility index (Phi) is 4.40. The summed E-state index contributed by atoms with van der Waals surface area (Å²) in [5, 5.41) is 0. The van der Waals surface area contributed by atoms with Crippen molar-refractivity contribution in [3.8, 4) is 0 Å². The van der Waals surface area contributed by atoms with Gasteiger partial charge in [-0.1, -0.05) is 40.2 Å². The van der Waals surface area contributed by atoms with E-state index in [1.807, 2.05) is 6.07 Å². The minimum absolute atomic E-state index is 0.155.